The van der Waals surface area contributed by atoms with Crippen LogP contribution in [-0.4, -0.2) is 22.7 Å². The Balaban J connectivity index is 2.63. The number of hydrogen-bond donors (Lipinski definition) is 2. The lowest BCUT2D eigenvalue weighted by atomic mass is 9.86. The van der Waals surface area contributed by atoms with Gasteiger partial charge in [-0.3, -0.25) is 10.1 Å². The predicted molar refractivity (Wildman–Crippen MR) is 65.6 cm³/mol. The molecule has 94 valence electrons. The zero-order valence-electron chi connectivity index (χ0n) is 10.6. The Kier molecular flexibility index (Phi) is 5.26. The fourth-order valence-electron chi connectivity index (χ4n) is 2.74. The average molecular weight is 227 g/mol. The first-order valence-corrected chi connectivity index (χ1v) is 6.65. The highest BCUT2D eigenvalue weighted by Crippen LogP contribution is 2.24. The van der Waals surface area contributed by atoms with Crippen molar-refractivity contribution in [3.63, 3.8) is 0 Å². The molecule has 1 fully saturated rings. The van der Waals surface area contributed by atoms with Crippen molar-refractivity contribution in [2.45, 2.75) is 76.8 Å². The molecule has 0 heterocycles. The van der Waals surface area contributed by atoms with Gasteiger partial charge >= 0.3 is 5.97 Å². The molecule has 1 saturated carbocycles. The molecule has 16 heavy (non-hydrogen) atoms. The standard InChI is InChI=1S/C13H25NO2/c1-3-10-13(4-2,12(15)16)14-11-8-6-5-7-9-11/h11,14H,3-10H2,1-2H3,(H,15,16). The normalized spacial score (nSPS) is 21.6. The number of nitrogens with one attached hydrogen (secondary N) is 1. The van der Waals surface area contributed by atoms with E-state index in [0.717, 1.165) is 25.7 Å². The monoisotopic (exact) mass is 227 g/mol. The van der Waals surface area contributed by atoms with Crippen molar-refractivity contribution in [3.05, 3.63) is 0 Å². The van der Waals surface area contributed by atoms with Gasteiger partial charge in [-0.25, -0.2) is 0 Å². The predicted octanol–water partition coefficient (Wildman–Crippen LogP) is 2.94. The SMILES string of the molecule is CCCC(CC)(NC1CCCCC1)C(=O)O. The number of rotatable bonds is 6. The van der Waals surface area contributed by atoms with Crippen molar-refractivity contribution in [1.29, 1.82) is 0 Å². The maximum Gasteiger partial charge on any atom is 0.323 e. The van der Waals surface area contributed by atoms with Crippen molar-refractivity contribution < 1.29 is 9.90 Å². The first kappa shape index (κ1) is 13.5. The minimum Gasteiger partial charge on any atom is -0.480 e. The van der Waals surface area contributed by atoms with Crippen LogP contribution in [0.25, 0.3) is 0 Å². The molecule has 0 aromatic heterocycles. The van der Waals surface area contributed by atoms with E-state index in [0.29, 0.717) is 12.5 Å². The molecule has 1 atom stereocenters. The van der Waals surface area contributed by atoms with Crippen LogP contribution in [0, 0.1) is 0 Å². The van der Waals surface area contributed by atoms with Crippen molar-refractivity contribution in [3.8, 4) is 0 Å². The van der Waals surface area contributed by atoms with Crippen LogP contribution >= 0.6 is 0 Å². The van der Waals surface area contributed by atoms with Gasteiger partial charge in [-0.15, -0.1) is 0 Å². The van der Waals surface area contributed by atoms with Gasteiger partial charge < -0.3 is 5.11 Å². The average Bonchev–Trinajstić information content (AvgIpc) is 2.29. The fraction of sp³-hybridized carbons (Fsp3) is 0.923. The molecule has 0 amide bonds. The highest BCUT2D eigenvalue weighted by molar-refractivity contribution is 5.78. The van der Waals surface area contributed by atoms with E-state index in [1.165, 1.54) is 19.3 Å². The van der Waals surface area contributed by atoms with Gasteiger partial charge in [-0.1, -0.05) is 39.5 Å². The summed E-state index contributed by atoms with van der Waals surface area (Å²) in [6.45, 7) is 4.02. The summed E-state index contributed by atoms with van der Waals surface area (Å²) in [6.07, 6.45) is 8.38. The van der Waals surface area contributed by atoms with Gasteiger partial charge in [-0.2, -0.15) is 0 Å². The van der Waals surface area contributed by atoms with Gasteiger partial charge in [0.25, 0.3) is 0 Å². The minimum atomic E-state index is -0.684. The van der Waals surface area contributed by atoms with Gasteiger partial charge in [0.05, 0.1) is 0 Å². The summed E-state index contributed by atoms with van der Waals surface area (Å²) in [5.41, 5.74) is -0.684. The molecule has 3 heteroatoms. The summed E-state index contributed by atoms with van der Waals surface area (Å²) in [4.78, 5) is 11.5. The lowest BCUT2D eigenvalue weighted by Crippen LogP contribution is -2.56. The first-order chi connectivity index (χ1) is 7.64. The molecule has 0 aliphatic heterocycles. The third-order valence-corrected chi connectivity index (χ3v) is 3.78. The van der Waals surface area contributed by atoms with Crippen LogP contribution in [0.5, 0.6) is 0 Å². The molecule has 3 nitrogen and oxygen atoms in total. The Morgan fingerprint density at radius 1 is 1.31 bits per heavy atom. The number of carboxylic acids is 1. The molecule has 1 aliphatic carbocycles. The Morgan fingerprint density at radius 2 is 1.94 bits per heavy atom. The summed E-state index contributed by atoms with van der Waals surface area (Å²) >= 11 is 0. The Bertz CT molecular complexity index is 224. The van der Waals surface area contributed by atoms with Crippen molar-refractivity contribution >= 4 is 5.97 Å². The molecule has 0 radical (unpaired) electrons. The van der Waals surface area contributed by atoms with Crippen LogP contribution in [0.15, 0.2) is 0 Å². The van der Waals surface area contributed by atoms with Crippen LogP contribution in [0.3, 0.4) is 0 Å². The Hall–Kier alpha value is -0.570. The molecule has 1 aliphatic rings. The molecule has 0 aromatic rings. The Labute approximate surface area is 98.6 Å². The molecule has 0 aromatic carbocycles. The second kappa shape index (κ2) is 6.24. The molecule has 0 bridgehead atoms. The third kappa shape index (κ3) is 3.21. The fourth-order valence-corrected chi connectivity index (χ4v) is 2.74. The topological polar surface area (TPSA) is 49.3 Å². The first-order valence-electron chi connectivity index (χ1n) is 6.65. The zero-order valence-corrected chi connectivity index (χ0v) is 10.6. The van der Waals surface area contributed by atoms with E-state index >= 15 is 0 Å². The third-order valence-electron chi connectivity index (χ3n) is 3.78. The van der Waals surface area contributed by atoms with Crippen LogP contribution in [-0.2, 0) is 4.79 Å². The van der Waals surface area contributed by atoms with Gasteiger partial charge in [0.2, 0.25) is 0 Å². The quantitative estimate of drug-likeness (QED) is 0.733. The number of carboxylic acid groups (broad SMARTS) is 1. The van der Waals surface area contributed by atoms with Gasteiger partial charge in [0, 0.05) is 6.04 Å². The van der Waals surface area contributed by atoms with Crippen LogP contribution in [0.1, 0.15) is 65.2 Å². The van der Waals surface area contributed by atoms with Crippen molar-refractivity contribution in [1.82, 2.24) is 5.32 Å². The molecular formula is C13H25NO2. The maximum atomic E-state index is 11.5. The van der Waals surface area contributed by atoms with Crippen molar-refractivity contribution in [2.75, 3.05) is 0 Å². The second-order valence-corrected chi connectivity index (χ2v) is 4.97. The van der Waals surface area contributed by atoms with Gasteiger partial charge in [0.1, 0.15) is 5.54 Å². The Morgan fingerprint density at radius 3 is 2.38 bits per heavy atom. The molecular weight excluding hydrogens is 202 g/mol. The zero-order chi connectivity index (χ0) is 12.0. The van der Waals surface area contributed by atoms with E-state index in [9.17, 15) is 9.90 Å². The molecule has 0 saturated heterocycles. The summed E-state index contributed by atoms with van der Waals surface area (Å²) in [6, 6.07) is 0.413. The van der Waals surface area contributed by atoms with E-state index in [1.807, 2.05) is 6.92 Å². The van der Waals surface area contributed by atoms with E-state index in [-0.39, 0.29) is 0 Å². The maximum absolute atomic E-state index is 11.5. The lowest BCUT2D eigenvalue weighted by Gasteiger charge is -2.35. The van der Waals surface area contributed by atoms with E-state index in [4.69, 9.17) is 0 Å². The van der Waals surface area contributed by atoms with E-state index in [2.05, 4.69) is 12.2 Å². The summed E-state index contributed by atoms with van der Waals surface area (Å²) in [7, 11) is 0. The molecule has 1 rings (SSSR count). The number of hydrogen-bond acceptors (Lipinski definition) is 2. The lowest BCUT2D eigenvalue weighted by molar-refractivity contribution is -0.146. The largest absolute Gasteiger partial charge is 0.480 e. The number of aliphatic carboxylic acids is 1. The highest BCUT2D eigenvalue weighted by atomic mass is 16.4. The molecule has 2 N–H and O–H groups in total. The number of carbonyl (C=O) groups is 1. The second-order valence-electron chi connectivity index (χ2n) is 4.97. The van der Waals surface area contributed by atoms with Crippen LogP contribution < -0.4 is 5.32 Å². The summed E-state index contributed by atoms with van der Waals surface area (Å²) in [5, 5.41) is 12.8. The highest BCUT2D eigenvalue weighted by Gasteiger charge is 2.37. The minimum absolute atomic E-state index is 0.413. The van der Waals surface area contributed by atoms with Gasteiger partial charge in [-0.05, 0) is 25.7 Å². The van der Waals surface area contributed by atoms with E-state index in [1.54, 1.807) is 0 Å². The van der Waals surface area contributed by atoms with E-state index < -0.39 is 11.5 Å². The molecule has 0 spiro atoms. The van der Waals surface area contributed by atoms with Crippen LogP contribution in [0.2, 0.25) is 0 Å². The van der Waals surface area contributed by atoms with Crippen LogP contribution in [0.4, 0.5) is 0 Å². The van der Waals surface area contributed by atoms with Crippen molar-refractivity contribution in [2.24, 2.45) is 0 Å². The summed E-state index contributed by atoms with van der Waals surface area (Å²) in [5.74, 6) is -0.678. The smallest absolute Gasteiger partial charge is 0.323 e. The summed E-state index contributed by atoms with van der Waals surface area (Å²) < 4.78 is 0. The molecule has 1 unspecified atom stereocenters. The van der Waals surface area contributed by atoms with Gasteiger partial charge in [0.15, 0.2) is 0 Å².